The Morgan fingerprint density at radius 3 is 2.52 bits per heavy atom. The Labute approximate surface area is 143 Å². The highest BCUT2D eigenvalue weighted by Crippen LogP contribution is 2.22. The van der Waals surface area contributed by atoms with E-state index in [-0.39, 0.29) is 16.8 Å². The number of rotatable bonds is 4. The van der Waals surface area contributed by atoms with Gasteiger partial charge in [-0.1, -0.05) is 54.6 Å². The fourth-order valence-corrected chi connectivity index (χ4v) is 2.60. The zero-order valence-corrected chi connectivity index (χ0v) is 13.0. The van der Waals surface area contributed by atoms with Crippen LogP contribution in [0, 0.1) is 21.4 Å². The van der Waals surface area contributed by atoms with Crippen LogP contribution in [0.4, 0.5) is 5.69 Å². The van der Waals surface area contributed by atoms with Crippen molar-refractivity contribution >= 4 is 28.3 Å². The first-order valence-electron chi connectivity index (χ1n) is 7.49. The quantitative estimate of drug-likeness (QED) is 0.231. The van der Waals surface area contributed by atoms with E-state index in [1.807, 2.05) is 48.5 Å². The van der Waals surface area contributed by atoms with Gasteiger partial charge >= 0.3 is 0 Å². The third-order valence-electron chi connectivity index (χ3n) is 3.81. The Kier molecular flexibility index (Phi) is 4.36. The predicted octanol–water partition coefficient (Wildman–Crippen LogP) is 4.54. The van der Waals surface area contributed by atoms with Crippen molar-refractivity contribution in [3.63, 3.8) is 0 Å². The normalized spacial score (nSPS) is 11.1. The van der Waals surface area contributed by atoms with E-state index in [1.165, 1.54) is 30.3 Å². The van der Waals surface area contributed by atoms with Gasteiger partial charge in [0.15, 0.2) is 0 Å². The summed E-state index contributed by atoms with van der Waals surface area (Å²) in [5, 5.41) is 22.2. The molecule has 0 fully saturated rings. The average Bonchev–Trinajstić information content (AvgIpc) is 2.65. The van der Waals surface area contributed by atoms with Crippen molar-refractivity contribution in [2.75, 3.05) is 0 Å². The maximum Gasteiger partial charge on any atom is 0.270 e. The Bertz CT molecular complexity index is 1060. The lowest BCUT2D eigenvalue weighted by molar-refractivity contribution is -0.384. The molecule has 5 heteroatoms. The predicted molar refractivity (Wildman–Crippen MR) is 95.0 cm³/mol. The lowest BCUT2D eigenvalue weighted by Gasteiger charge is -2.04. The second-order valence-corrected chi connectivity index (χ2v) is 5.37. The van der Waals surface area contributed by atoms with Crippen molar-refractivity contribution in [1.29, 1.82) is 5.26 Å². The van der Waals surface area contributed by atoms with E-state index in [9.17, 15) is 20.2 Å². The first kappa shape index (κ1) is 16.1. The summed E-state index contributed by atoms with van der Waals surface area (Å²) in [4.78, 5) is 22.9. The molecule has 0 bridgehead atoms. The number of Topliss-reactive ketones (excluding diaryl/α,β-unsaturated/α-hetero) is 1. The monoisotopic (exact) mass is 328 g/mol. The summed E-state index contributed by atoms with van der Waals surface area (Å²) in [6, 6.07) is 20.5. The van der Waals surface area contributed by atoms with E-state index in [0.717, 1.165) is 16.3 Å². The molecule has 0 radical (unpaired) electrons. The molecule has 0 aliphatic carbocycles. The lowest BCUT2D eigenvalue weighted by atomic mass is 9.98. The number of fused-ring (bicyclic) bond motifs is 1. The van der Waals surface area contributed by atoms with Gasteiger partial charge in [0.05, 0.1) is 4.92 Å². The molecular weight excluding hydrogens is 316 g/mol. The molecule has 3 aromatic carbocycles. The fourth-order valence-electron chi connectivity index (χ4n) is 2.60. The molecule has 0 aliphatic heterocycles. The van der Waals surface area contributed by atoms with Gasteiger partial charge < -0.3 is 0 Å². The Balaban J connectivity index is 2.06. The molecule has 0 spiro atoms. The molecule has 120 valence electrons. The van der Waals surface area contributed by atoms with Crippen LogP contribution in [0.25, 0.3) is 16.8 Å². The molecule has 3 rings (SSSR count). The Morgan fingerprint density at radius 1 is 1.04 bits per heavy atom. The first-order valence-corrected chi connectivity index (χ1v) is 7.49. The number of carbonyl (C=O) groups excluding carboxylic acids is 1. The lowest BCUT2D eigenvalue weighted by Crippen LogP contribution is -2.03. The van der Waals surface area contributed by atoms with Crippen molar-refractivity contribution in [2.45, 2.75) is 0 Å². The molecule has 0 aromatic heterocycles. The van der Waals surface area contributed by atoms with Crippen LogP contribution in [0.15, 0.2) is 72.3 Å². The number of nitro groups is 1. The summed E-state index contributed by atoms with van der Waals surface area (Å²) in [6.07, 6.45) is 1.52. The average molecular weight is 328 g/mol. The zero-order chi connectivity index (χ0) is 17.8. The van der Waals surface area contributed by atoms with Crippen molar-refractivity contribution in [3.8, 4) is 6.07 Å². The Hall–Kier alpha value is -3.78. The van der Waals surface area contributed by atoms with Crippen molar-refractivity contribution in [2.24, 2.45) is 0 Å². The molecule has 25 heavy (non-hydrogen) atoms. The van der Waals surface area contributed by atoms with E-state index < -0.39 is 10.7 Å². The van der Waals surface area contributed by atoms with Crippen molar-refractivity contribution in [3.05, 3.63) is 93.5 Å². The van der Waals surface area contributed by atoms with Gasteiger partial charge in [0.2, 0.25) is 5.78 Å². The summed E-state index contributed by atoms with van der Waals surface area (Å²) in [7, 11) is 0. The van der Waals surface area contributed by atoms with Crippen LogP contribution in [0.1, 0.15) is 15.9 Å². The minimum absolute atomic E-state index is 0.0724. The van der Waals surface area contributed by atoms with Crippen LogP contribution in [-0.4, -0.2) is 10.7 Å². The van der Waals surface area contributed by atoms with Gasteiger partial charge in [-0.15, -0.1) is 0 Å². The number of nitro benzene ring substituents is 1. The maximum absolute atomic E-state index is 12.6. The van der Waals surface area contributed by atoms with Crippen molar-refractivity contribution < 1.29 is 9.72 Å². The van der Waals surface area contributed by atoms with E-state index in [2.05, 4.69) is 0 Å². The molecule has 0 aliphatic rings. The first-order chi connectivity index (χ1) is 12.1. The Morgan fingerprint density at radius 2 is 1.76 bits per heavy atom. The summed E-state index contributed by atoms with van der Waals surface area (Å²) < 4.78 is 0. The molecule has 0 amide bonds. The number of carbonyl (C=O) groups is 1. The summed E-state index contributed by atoms with van der Waals surface area (Å²) in [5.41, 5.74) is 0.598. The number of non-ortho nitro benzene ring substituents is 1. The van der Waals surface area contributed by atoms with Crippen LogP contribution in [0.3, 0.4) is 0 Å². The third kappa shape index (κ3) is 3.28. The SMILES string of the molecule is N#C/C(=C\c1cccc2ccccc12)C(=O)c1cccc([N+](=O)[O-])c1. The number of hydrogen-bond acceptors (Lipinski definition) is 4. The van der Waals surface area contributed by atoms with Crippen molar-refractivity contribution in [1.82, 2.24) is 0 Å². The minimum Gasteiger partial charge on any atom is -0.288 e. The molecule has 0 heterocycles. The number of nitriles is 1. The largest absolute Gasteiger partial charge is 0.288 e. The molecule has 0 unspecified atom stereocenters. The maximum atomic E-state index is 12.6. The van der Waals surface area contributed by atoms with Crippen LogP contribution in [-0.2, 0) is 0 Å². The highest BCUT2D eigenvalue weighted by Gasteiger charge is 2.16. The van der Waals surface area contributed by atoms with Gasteiger partial charge in [0, 0.05) is 17.7 Å². The van der Waals surface area contributed by atoms with Gasteiger partial charge in [-0.25, -0.2) is 0 Å². The number of benzene rings is 3. The highest BCUT2D eigenvalue weighted by molar-refractivity contribution is 6.15. The summed E-state index contributed by atoms with van der Waals surface area (Å²) >= 11 is 0. The number of nitrogens with zero attached hydrogens (tertiary/aromatic N) is 2. The van der Waals surface area contributed by atoms with Gasteiger partial charge in [-0.3, -0.25) is 14.9 Å². The van der Waals surface area contributed by atoms with Gasteiger partial charge in [0.25, 0.3) is 5.69 Å². The third-order valence-corrected chi connectivity index (χ3v) is 3.81. The van der Waals surface area contributed by atoms with Gasteiger partial charge in [-0.2, -0.15) is 5.26 Å². The standard InChI is InChI=1S/C20H12N2O3/c21-13-17(20(23)16-8-4-9-18(12-16)22(24)25)11-15-7-3-6-14-5-1-2-10-19(14)15/h1-12H/b17-11+. The summed E-state index contributed by atoms with van der Waals surface area (Å²) in [6.45, 7) is 0. The van der Waals surface area contributed by atoms with E-state index in [1.54, 1.807) is 0 Å². The van der Waals surface area contributed by atoms with Gasteiger partial charge in [-0.05, 0) is 22.4 Å². The van der Waals surface area contributed by atoms with Crippen LogP contribution in [0.5, 0.6) is 0 Å². The fraction of sp³-hybridized carbons (Fsp3) is 0. The zero-order valence-electron chi connectivity index (χ0n) is 13.0. The number of allylic oxidation sites excluding steroid dienone is 1. The molecule has 0 atom stereocenters. The van der Waals surface area contributed by atoms with E-state index in [4.69, 9.17) is 0 Å². The molecule has 3 aromatic rings. The number of ketones is 1. The smallest absolute Gasteiger partial charge is 0.270 e. The molecule has 0 saturated carbocycles. The van der Waals surface area contributed by atoms with Crippen LogP contribution >= 0.6 is 0 Å². The molecule has 5 nitrogen and oxygen atoms in total. The second-order valence-electron chi connectivity index (χ2n) is 5.37. The number of hydrogen-bond donors (Lipinski definition) is 0. The van der Waals surface area contributed by atoms with Gasteiger partial charge in [0.1, 0.15) is 11.6 Å². The topological polar surface area (TPSA) is 84.0 Å². The highest BCUT2D eigenvalue weighted by atomic mass is 16.6. The van der Waals surface area contributed by atoms with E-state index in [0.29, 0.717) is 0 Å². The second kappa shape index (κ2) is 6.77. The van der Waals surface area contributed by atoms with E-state index >= 15 is 0 Å². The van der Waals surface area contributed by atoms with Crippen LogP contribution < -0.4 is 0 Å². The molecule has 0 saturated heterocycles. The molecule has 0 N–H and O–H groups in total. The minimum atomic E-state index is -0.572. The summed E-state index contributed by atoms with van der Waals surface area (Å²) in [5.74, 6) is -0.542. The van der Waals surface area contributed by atoms with Crippen LogP contribution in [0.2, 0.25) is 0 Å². The molecular formula is C20H12N2O3.